The average Bonchev–Trinajstić information content (AvgIpc) is 3.21. The van der Waals surface area contributed by atoms with Gasteiger partial charge in [-0.15, -0.1) is 11.3 Å². The molecule has 0 unspecified atom stereocenters. The molecule has 2 aliphatic heterocycles. The van der Waals surface area contributed by atoms with Gasteiger partial charge >= 0.3 is 0 Å². The van der Waals surface area contributed by atoms with Crippen LogP contribution in [-0.2, 0) is 4.79 Å². The molecule has 5 nitrogen and oxygen atoms in total. The van der Waals surface area contributed by atoms with E-state index in [2.05, 4.69) is 0 Å². The Morgan fingerprint density at radius 2 is 1.85 bits per heavy atom. The van der Waals surface area contributed by atoms with Gasteiger partial charge in [-0.3, -0.25) is 14.4 Å². The van der Waals surface area contributed by atoms with Crippen molar-refractivity contribution in [3.05, 3.63) is 52.2 Å². The smallest absolute Gasteiger partial charge is 0.223 e. The minimum Gasteiger partial charge on any atom is -0.486 e. The summed E-state index contributed by atoms with van der Waals surface area (Å²) in [4.78, 5) is 39.5. The molecule has 1 fully saturated rings. The van der Waals surface area contributed by atoms with Gasteiger partial charge < -0.3 is 9.64 Å². The zero-order valence-corrected chi connectivity index (χ0v) is 15.8. The normalized spacial score (nSPS) is 18.1. The van der Waals surface area contributed by atoms with Crippen LogP contribution in [-0.4, -0.2) is 41.1 Å². The number of nitrogens with zero attached hydrogens (tertiary/aromatic N) is 1. The van der Waals surface area contributed by atoms with Crippen molar-refractivity contribution in [1.29, 1.82) is 0 Å². The van der Waals surface area contributed by atoms with E-state index in [1.54, 1.807) is 17.0 Å². The van der Waals surface area contributed by atoms with Crippen molar-refractivity contribution in [2.75, 3.05) is 13.1 Å². The number of hydrogen-bond acceptors (Lipinski definition) is 5. The molecule has 0 aliphatic carbocycles. The molecule has 2 aliphatic rings. The summed E-state index contributed by atoms with van der Waals surface area (Å²) in [6.45, 7) is 1.11. The molecule has 6 heteroatoms. The maximum Gasteiger partial charge on any atom is 0.223 e. The zero-order chi connectivity index (χ0) is 18.9. The molecule has 27 heavy (non-hydrogen) atoms. The first kappa shape index (κ1) is 17.9. The van der Waals surface area contributed by atoms with Crippen molar-refractivity contribution in [2.24, 2.45) is 0 Å². The van der Waals surface area contributed by atoms with E-state index in [-0.39, 0.29) is 30.3 Å². The summed E-state index contributed by atoms with van der Waals surface area (Å²) >= 11 is 1.40. The van der Waals surface area contributed by atoms with Crippen LogP contribution in [0.5, 0.6) is 5.75 Å². The molecule has 0 radical (unpaired) electrons. The molecule has 1 saturated heterocycles. The Balaban J connectivity index is 1.33. The van der Waals surface area contributed by atoms with E-state index >= 15 is 0 Å². The lowest BCUT2D eigenvalue weighted by atomic mass is 9.82. The summed E-state index contributed by atoms with van der Waals surface area (Å²) in [6, 6.07) is 11.0. The second kappa shape index (κ2) is 7.27. The number of amides is 1. The van der Waals surface area contributed by atoms with Gasteiger partial charge in [0, 0.05) is 38.8 Å². The largest absolute Gasteiger partial charge is 0.486 e. The molecule has 2 aromatic rings. The predicted octanol–water partition coefficient (Wildman–Crippen LogP) is 3.74. The van der Waals surface area contributed by atoms with E-state index < -0.39 is 5.60 Å². The molecule has 0 atom stereocenters. The molecule has 0 N–H and O–H groups in total. The number of likely N-dealkylation sites (tertiary alicyclic amines) is 1. The Kier molecular flexibility index (Phi) is 4.83. The number of thiophene rings is 1. The van der Waals surface area contributed by atoms with Crippen LogP contribution in [0.2, 0.25) is 0 Å². The van der Waals surface area contributed by atoms with E-state index in [1.807, 2.05) is 29.6 Å². The molecule has 1 aromatic carbocycles. The van der Waals surface area contributed by atoms with Crippen molar-refractivity contribution < 1.29 is 19.1 Å². The Labute approximate surface area is 161 Å². The first-order valence-corrected chi connectivity index (χ1v) is 10.1. The second-order valence-electron chi connectivity index (χ2n) is 7.16. The lowest BCUT2D eigenvalue weighted by molar-refractivity contribution is -0.134. The highest BCUT2D eigenvalue weighted by Gasteiger charge is 2.43. The summed E-state index contributed by atoms with van der Waals surface area (Å²) in [6.07, 6.45) is 2.11. The zero-order valence-electron chi connectivity index (χ0n) is 15.0. The van der Waals surface area contributed by atoms with Crippen molar-refractivity contribution in [2.45, 2.75) is 37.7 Å². The van der Waals surface area contributed by atoms with Crippen LogP contribution in [0.1, 0.15) is 52.1 Å². The van der Waals surface area contributed by atoms with E-state index in [0.29, 0.717) is 48.5 Å². The number of Topliss-reactive ketones (excluding diaryl/α,β-unsaturated/α-hetero) is 2. The number of carbonyl (C=O) groups excluding carboxylic acids is 3. The topological polar surface area (TPSA) is 63.7 Å². The first-order valence-electron chi connectivity index (χ1n) is 9.22. The van der Waals surface area contributed by atoms with Gasteiger partial charge in [0.15, 0.2) is 11.6 Å². The standard InChI is InChI=1S/C21H21NO4S/c23-16(19-6-3-13-27-19)7-8-20(25)22-11-9-21(10-12-22)14-17(24)15-4-1-2-5-18(15)26-21/h1-6,13H,7-12,14H2. The van der Waals surface area contributed by atoms with Crippen LogP contribution in [0, 0.1) is 0 Å². The van der Waals surface area contributed by atoms with Gasteiger partial charge in [0.05, 0.1) is 16.9 Å². The van der Waals surface area contributed by atoms with Crippen LogP contribution in [0.4, 0.5) is 0 Å². The number of para-hydroxylation sites is 1. The fourth-order valence-corrected chi connectivity index (χ4v) is 4.52. The molecule has 1 amide bonds. The molecule has 0 saturated carbocycles. The molecule has 1 spiro atoms. The minimum atomic E-state index is -0.505. The summed E-state index contributed by atoms with van der Waals surface area (Å²) in [7, 11) is 0. The molecule has 1 aromatic heterocycles. The quantitative estimate of drug-likeness (QED) is 0.755. The maximum atomic E-state index is 12.5. The fraction of sp³-hybridized carbons (Fsp3) is 0.381. The Bertz CT molecular complexity index is 866. The van der Waals surface area contributed by atoms with E-state index in [0.717, 1.165) is 0 Å². The highest BCUT2D eigenvalue weighted by molar-refractivity contribution is 7.12. The first-order chi connectivity index (χ1) is 13.1. The van der Waals surface area contributed by atoms with E-state index in [9.17, 15) is 14.4 Å². The SMILES string of the molecule is O=C(CCC(=O)N1CCC2(CC1)CC(=O)c1ccccc1O2)c1cccs1. The van der Waals surface area contributed by atoms with Gasteiger partial charge in [0.1, 0.15) is 11.4 Å². The Morgan fingerprint density at radius 1 is 1.07 bits per heavy atom. The maximum absolute atomic E-state index is 12.5. The molecule has 0 bridgehead atoms. The number of ether oxygens (including phenoxy) is 1. The third-order valence-corrected chi connectivity index (χ3v) is 6.30. The fourth-order valence-electron chi connectivity index (χ4n) is 3.82. The van der Waals surface area contributed by atoms with Crippen LogP contribution in [0.25, 0.3) is 0 Å². The monoisotopic (exact) mass is 383 g/mol. The van der Waals surface area contributed by atoms with Gasteiger partial charge in [-0.1, -0.05) is 18.2 Å². The van der Waals surface area contributed by atoms with Crippen LogP contribution in [0.15, 0.2) is 41.8 Å². The van der Waals surface area contributed by atoms with Crippen molar-refractivity contribution in [3.8, 4) is 5.75 Å². The number of piperidine rings is 1. The number of hydrogen-bond donors (Lipinski definition) is 0. The number of ketones is 2. The molecular weight excluding hydrogens is 362 g/mol. The second-order valence-corrected chi connectivity index (χ2v) is 8.11. The number of fused-ring (bicyclic) bond motifs is 1. The summed E-state index contributed by atoms with van der Waals surface area (Å²) < 4.78 is 6.19. The van der Waals surface area contributed by atoms with Gasteiger partial charge in [-0.05, 0) is 23.6 Å². The van der Waals surface area contributed by atoms with Crippen molar-refractivity contribution in [1.82, 2.24) is 4.90 Å². The predicted molar refractivity (Wildman–Crippen MR) is 102 cm³/mol. The molecule has 4 rings (SSSR count). The Morgan fingerprint density at radius 3 is 2.59 bits per heavy atom. The summed E-state index contributed by atoms with van der Waals surface area (Å²) in [5.41, 5.74) is 0.142. The lowest BCUT2D eigenvalue weighted by Crippen LogP contribution is -2.52. The van der Waals surface area contributed by atoms with Gasteiger partial charge in [-0.2, -0.15) is 0 Å². The van der Waals surface area contributed by atoms with Gasteiger partial charge in [-0.25, -0.2) is 0 Å². The van der Waals surface area contributed by atoms with Crippen LogP contribution >= 0.6 is 11.3 Å². The summed E-state index contributed by atoms with van der Waals surface area (Å²) in [5.74, 6) is 0.773. The van der Waals surface area contributed by atoms with Crippen LogP contribution in [0.3, 0.4) is 0 Å². The number of carbonyl (C=O) groups is 3. The Hall–Kier alpha value is -2.47. The van der Waals surface area contributed by atoms with Gasteiger partial charge in [0.25, 0.3) is 0 Å². The lowest BCUT2D eigenvalue weighted by Gasteiger charge is -2.44. The summed E-state index contributed by atoms with van der Waals surface area (Å²) in [5, 5.41) is 1.86. The number of rotatable bonds is 4. The van der Waals surface area contributed by atoms with Crippen molar-refractivity contribution in [3.63, 3.8) is 0 Å². The van der Waals surface area contributed by atoms with Crippen molar-refractivity contribution >= 4 is 28.8 Å². The van der Waals surface area contributed by atoms with E-state index in [1.165, 1.54) is 11.3 Å². The highest BCUT2D eigenvalue weighted by Crippen LogP contribution is 2.39. The average molecular weight is 383 g/mol. The minimum absolute atomic E-state index is 0.00251. The number of benzene rings is 1. The van der Waals surface area contributed by atoms with Crippen LogP contribution < -0.4 is 4.74 Å². The molecular formula is C21H21NO4S. The third-order valence-electron chi connectivity index (χ3n) is 5.39. The van der Waals surface area contributed by atoms with Gasteiger partial charge in [0.2, 0.25) is 5.91 Å². The molecule has 140 valence electrons. The highest BCUT2D eigenvalue weighted by atomic mass is 32.1. The molecule has 3 heterocycles. The van der Waals surface area contributed by atoms with E-state index in [4.69, 9.17) is 4.74 Å². The third kappa shape index (κ3) is 3.67.